The highest BCUT2D eigenvalue weighted by molar-refractivity contribution is 5.49. The van der Waals surface area contributed by atoms with E-state index >= 15 is 0 Å². The van der Waals surface area contributed by atoms with Crippen LogP contribution in [-0.4, -0.2) is 89.9 Å². The van der Waals surface area contributed by atoms with Gasteiger partial charge < -0.3 is 29.6 Å². The first-order chi connectivity index (χ1) is 12.8. The number of ether oxygens (including phenoxy) is 1. The van der Waals surface area contributed by atoms with Gasteiger partial charge in [-0.15, -0.1) is 0 Å². The second-order valence-corrected chi connectivity index (χ2v) is 7.18. The quantitative estimate of drug-likeness (QED) is 0.725. The Labute approximate surface area is 153 Å². The predicted octanol–water partition coefficient (Wildman–Crippen LogP) is -0.370. The minimum absolute atomic E-state index is 0.0648. The van der Waals surface area contributed by atoms with Gasteiger partial charge >= 0.3 is 0 Å². The van der Waals surface area contributed by atoms with Gasteiger partial charge in [0.1, 0.15) is 0 Å². The predicted molar refractivity (Wildman–Crippen MR) is 97.8 cm³/mol. The van der Waals surface area contributed by atoms with E-state index in [2.05, 4.69) is 14.7 Å². The molecule has 0 spiro atoms. The molecule has 9 heteroatoms. The van der Waals surface area contributed by atoms with Crippen molar-refractivity contribution in [1.29, 1.82) is 0 Å². The lowest BCUT2D eigenvalue weighted by atomic mass is 10.2. The number of hydrogen-bond acceptors (Lipinski definition) is 9. The Kier molecular flexibility index (Phi) is 5.37. The van der Waals surface area contributed by atoms with Crippen LogP contribution in [-0.2, 0) is 4.74 Å². The van der Waals surface area contributed by atoms with E-state index in [9.17, 15) is 10.2 Å². The maximum atomic E-state index is 9.69. The minimum Gasteiger partial charge on any atom is -0.394 e. The van der Waals surface area contributed by atoms with Crippen LogP contribution >= 0.6 is 0 Å². The minimum atomic E-state index is 0.0648. The fourth-order valence-electron chi connectivity index (χ4n) is 4.08. The van der Waals surface area contributed by atoms with Crippen molar-refractivity contribution in [2.75, 3.05) is 67.3 Å². The molecule has 0 saturated carbocycles. The van der Waals surface area contributed by atoms with E-state index in [-0.39, 0.29) is 25.3 Å². The van der Waals surface area contributed by atoms with Crippen LogP contribution in [0.1, 0.15) is 25.7 Å². The summed E-state index contributed by atoms with van der Waals surface area (Å²) in [5, 5.41) is 19.4. The summed E-state index contributed by atoms with van der Waals surface area (Å²) in [6.45, 7) is 4.77. The molecule has 9 nitrogen and oxygen atoms in total. The molecule has 4 rings (SSSR count). The average molecular weight is 364 g/mol. The van der Waals surface area contributed by atoms with Crippen LogP contribution in [0.2, 0.25) is 0 Å². The number of anilines is 3. The zero-order valence-electron chi connectivity index (χ0n) is 15.1. The lowest BCUT2D eigenvalue weighted by molar-refractivity contribution is 0.122. The number of rotatable bonds is 5. The lowest BCUT2D eigenvalue weighted by Crippen LogP contribution is -2.40. The van der Waals surface area contributed by atoms with Crippen LogP contribution in [0, 0.1) is 0 Å². The number of aliphatic hydroxyl groups is 2. The topological polar surface area (TPSA) is 98.1 Å². The molecule has 3 aliphatic heterocycles. The molecule has 2 atom stereocenters. The first-order valence-electron chi connectivity index (χ1n) is 9.64. The van der Waals surface area contributed by atoms with Crippen molar-refractivity contribution in [2.45, 2.75) is 37.8 Å². The Hall–Kier alpha value is -1.71. The first-order valence-corrected chi connectivity index (χ1v) is 9.64. The van der Waals surface area contributed by atoms with Crippen molar-refractivity contribution in [3.8, 4) is 0 Å². The molecule has 144 valence electrons. The molecular weight excluding hydrogens is 336 g/mol. The summed E-state index contributed by atoms with van der Waals surface area (Å²) in [5.41, 5.74) is 0. The van der Waals surface area contributed by atoms with Crippen molar-refractivity contribution >= 4 is 17.8 Å². The van der Waals surface area contributed by atoms with Crippen LogP contribution in [0.5, 0.6) is 0 Å². The molecule has 4 heterocycles. The van der Waals surface area contributed by atoms with Crippen molar-refractivity contribution in [2.24, 2.45) is 0 Å². The van der Waals surface area contributed by atoms with E-state index in [0.717, 1.165) is 51.9 Å². The molecule has 0 aliphatic carbocycles. The molecule has 26 heavy (non-hydrogen) atoms. The highest BCUT2D eigenvalue weighted by Crippen LogP contribution is 2.29. The summed E-state index contributed by atoms with van der Waals surface area (Å²) in [7, 11) is 0. The molecular formula is C17H28N6O3. The Morgan fingerprint density at radius 3 is 1.77 bits per heavy atom. The number of morpholine rings is 1. The SMILES string of the molecule is OC[C@@H]1CCCN1c1nc(N2CCOCC2)nc(N2CCC[C@H]2CO)n1. The Morgan fingerprint density at radius 2 is 1.27 bits per heavy atom. The third-order valence-corrected chi connectivity index (χ3v) is 5.58. The average Bonchev–Trinajstić information content (AvgIpc) is 3.37. The van der Waals surface area contributed by atoms with E-state index in [4.69, 9.17) is 19.7 Å². The summed E-state index contributed by atoms with van der Waals surface area (Å²) in [4.78, 5) is 20.5. The van der Waals surface area contributed by atoms with Gasteiger partial charge in [-0.1, -0.05) is 0 Å². The van der Waals surface area contributed by atoms with Crippen LogP contribution in [0.4, 0.5) is 17.8 Å². The van der Waals surface area contributed by atoms with Crippen LogP contribution in [0.25, 0.3) is 0 Å². The van der Waals surface area contributed by atoms with E-state index in [1.165, 1.54) is 0 Å². The molecule has 1 aromatic heterocycles. The summed E-state index contributed by atoms with van der Waals surface area (Å²) >= 11 is 0. The van der Waals surface area contributed by atoms with Crippen molar-refractivity contribution in [3.63, 3.8) is 0 Å². The molecule has 3 aliphatic rings. The van der Waals surface area contributed by atoms with Crippen molar-refractivity contribution in [1.82, 2.24) is 15.0 Å². The molecule has 0 unspecified atom stereocenters. The molecule has 0 aromatic carbocycles. The van der Waals surface area contributed by atoms with Crippen LogP contribution in [0.3, 0.4) is 0 Å². The zero-order chi connectivity index (χ0) is 17.9. The monoisotopic (exact) mass is 364 g/mol. The van der Waals surface area contributed by atoms with Gasteiger partial charge in [-0.05, 0) is 25.7 Å². The van der Waals surface area contributed by atoms with Crippen molar-refractivity contribution < 1.29 is 14.9 Å². The van der Waals surface area contributed by atoms with Crippen LogP contribution in [0.15, 0.2) is 0 Å². The first kappa shape index (κ1) is 17.7. The Morgan fingerprint density at radius 1 is 0.769 bits per heavy atom. The van der Waals surface area contributed by atoms with E-state index in [1.807, 2.05) is 0 Å². The number of aromatic nitrogens is 3. The third kappa shape index (κ3) is 3.43. The largest absolute Gasteiger partial charge is 0.394 e. The normalized spacial score (nSPS) is 26.8. The van der Waals surface area contributed by atoms with Gasteiger partial charge in [0.15, 0.2) is 0 Å². The maximum absolute atomic E-state index is 9.69. The van der Waals surface area contributed by atoms with E-state index < -0.39 is 0 Å². The number of aliphatic hydroxyl groups excluding tert-OH is 2. The summed E-state index contributed by atoms with van der Waals surface area (Å²) in [5.74, 6) is 1.94. The van der Waals surface area contributed by atoms with Gasteiger partial charge in [0, 0.05) is 26.2 Å². The number of hydrogen-bond donors (Lipinski definition) is 2. The molecule has 0 bridgehead atoms. The second-order valence-electron chi connectivity index (χ2n) is 7.18. The van der Waals surface area contributed by atoms with E-state index in [0.29, 0.717) is 31.1 Å². The standard InChI is InChI=1S/C17H28N6O3/c24-11-13-3-1-5-22(13)16-18-15(21-7-9-26-10-8-21)19-17(20-16)23-6-2-4-14(23)12-25/h13-14,24-25H,1-12H2/t13-,14-/m0/s1. The number of nitrogens with zero attached hydrogens (tertiary/aromatic N) is 6. The maximum Gasteiger partial charge on any atom is 0.232 e. The highest BCUT2D eigenvalue weighted by Gasteiger charge is 2.31. The second kappa shape index (κ2) is 7.89. The molecule has 1 aromatic rings. The van der Waals surface area contributed by atoms with Gasteiger partial charge in [0.2, 0.25) is 17.8 Å². The van der Waals surface area contributed by atoms with Crippen LogP contribution < -0.4 is 14.7 Å². The fraction of sp³-hybridized carbons (Fsp3) is 0.824. The smallest absolute Gasteiger partial charge is 0.232 e. The van der Waals surface area contributed by atoms with E-state index in [1.54, 1.807) is 0 Å². The summed E-state index contributed by atoms with van der Waals surface area (Å²) in [6, 6.07) is 0.130. The van der Waals surface area contributed by atoms with Gasteiger partial charge in [-0.2, -0.15) is 15.0 Å². The molecule has 0 amide bonds. The Balaban J connectivity index is 1.69. The summed E-state index contributed by atoms with van der Waals surface area (Å²) in [6.07, 6.45) is 3.96. The van der Waals surface area contributed by atoms with Gasteiger partial charge in [0.25, 0.3) is 0 Å². The third-order valence-electron chi connectivity index (χ3n) is 5.58. The van der Waals surface area contributed by atoms with Crippen molar-refractivity contribution in [3.05, 3.63) is 0 Å². The Bertz CT molecular complexity index is 572. The van der Waals surface area contributed by atoms with Gasteiger partial charge in [-0.25, -0.2) is 0 Å². The molecule has 2 N–H and O–H groups in total. The zero-order valence-corrected chi connectivity index (χ0v) is 15.1. The lowest BCUT2D eigenvalue weighted by Gasteiger charge is -2.31. The molecule has 3 saturated heterocycles. The van der Waals surface area contributed by atoms with Gasteiger partial charge in [-0.3, -0.25) is 0 Å². The van der Waals surface area contributed by atoms with Gasteiger partial charge in [0.05, 0.1) is 38.5 Å². The molecule has 0 radical (unpaired) electrons. The molecule has 3 fully saturated rings. The summed E-state index contributed by atoms with van der Waals surface area (Å²) < 4.78 is 5.45. The fourth-order valence-corrected chi connectivity index (χ4v) is 4.08. The highest BCUT2D eigenvalue weighted by atomic mass is 16.5.